The average Bonchev–Trinajstić information content (AvgIpc) is 3.07. The van der Waals surface area contributed by atoms with E-state index in [4.69, 9.17) is 4.74 Å². The van der Waals surface area contributed by atoms with Crippen molar-refractivity contribution in [3.8, 4) is 5.75 Å². The van der Waals surface area contributed by atoms with Gasteiger partial charge in [-0.3, -0.25) is 20.4 Å². The SMILES string of the molecule is CC[C@H](C)Oc1cccc(C(=O)NNC(=O)c2cccs2)c1. The molecule has 2 rings (SSSR count). The summed E-state index contributed by atoms with van der Waals surface area (Å²) in [4.78, 5) is 24.3. The van der Waals surface area contributed by atoms with Crippen LogP contribution in [-0.4, -0.2) is 17.9 Å². The Kier molecular flexibility index (Phi) is 5.55. The summed E-state index contributed by atoms with van der Waals surface area (Å²) in [7, 11) is 0. The van der Waals surface area contributed by atoms with Crippen LogP contribution in [0, 0.1) is 0 Å². The molecule has 1 aromatic heterocycles. The Labute approximate surface area is 133 Å². The molecule has 0 fully saturated rings. The van der Waals surface area contributed by atoms with Crippen molar-refractivity contribution in [2.45, 2.75) is 26.4 Å². The fraction of sp³-hybridized carbons (Fsp3) is 0.250. The maximum Gasteiger partial charge on any atom is 0.279 e. The Balaban J connectivity index is 1.95. The van der Waals surface area contributed by atoms with Crippen molar-refractivity contribution in [2.75, 3.05) is 0 Å². The Morgan fingerprint density at radius 3 is 2.64 bits per heavy atom. The summed E-state index contributed by atoms with van der Waals surface area (Å²) in [6.45, 7) is 4.00. The standard InChI is InChI=1S/C16H18N2O3S/c1-3-11(2)21-13-7-4-6-12(10-13)15(19)17-18-16(20)14-8-5-9-22-14/h4-11H,3H2,1-2H3,(H,17,19)(H,18,20)/t11-/m0/s1. The molecule has 2 aromatic rings. The third-order valence-corrected chi connectivity index (χ3v) is 3.91. The van der Waals surface area contributed by atoms with Gasteiger partial charge >= 0.3 is 0 Å². The molecule has 5 nitrogen and oxygen atoms in total. The highest BCUT2D eigenvalue weighted by Crippen LogP contribution is 2.15. The highest BCUT2D eigenvalue weighted by Gasteiger charge is 2.11. The van der Waals surface area contributed by atoms with Crippen LogP contribution in [0.2, 0.25) is 0 Å². The first-order chi connectivity index (χ1) is 10.6. The van der Waals surface area contributed by atoms with Crippen LogP contribution >= 0.6 is 11.3 Å². The summed E-state index contributed by atoms with van der Waals surface area (Å²) in [5.74, 6) is -0.0959. The summed E-state index contributed by atoms with van der Waals surface area (Å²) in [5, 5.41) is 1.80. The number of carbonyl (C=O) groups is 2. The van der Waals surface area contributed by atoms with Crippen molar-refractivity contribution in [2.24, 2.45) is 0 Å². The molecule has 22 heavy (non-hydrogen) atoms. The van der Waals surface area contributed by atoms with Gasteiger partial charge in [-0.25, -0.2) is 0 Å². The van der Waals surface area contributed by atoms with E-state index in [9.17, 15) is 9.59 Å². The molecule has 0 aliphatic heterocycles. The van der Waals surface area contributed by atoms with Crippen molar-refractivity contribution >= 4 is 23.2 Å². The summed E-state index contributed by atoms with van der Waals surface area (Å²) >= 11 is 1.31. The highest BCUT2D eigenvalue weighted by atomic mass is 32.1. The van der Waals surface area contributed by atoms with Gasteiger partial charge in [0.2, 0.25) is 0 Å². The van der Waals surface area contributed by atoms with Gasteiger partial charge in [0, 0.05) is 5.56 Å². The van der Waals surface area contributed by atoms with Crippen molar-refractivity contribution in [3.05, 3.63) is 52.2 Å². The van der Waals surface area contributed by atoms with Gasteiger partial charge in [0.25, 0.3) is 11.8 Å². The maximum atomic E-state index is 12.0. The van der Waals surface area contributed by atoms with Gasteiger partial charge in [-0.2, -0.15) is 0 Å². The molecule has 1 aromatic carbocycles. The quantitative estimate of drug-likeness (QED) is 0.833. The number of ether oxygens (including phenoxy) is 1. The predicted octanol–water partition coefficient (Wildman–Crippen LogP) is 3.00. The van der Waals surface area contributed by atoms with Crippen LogP contribution in [0.3, 0.4) is 0 Å². The molecule has 6 heteroatoms. The highest BCUT2D eigenvalue weighted by molar-refractivity contribution is 7.12. The fourth-order valence-corrected chi connectivity index (χ4v) is 2.30. The van der Waals surface area contributed by atoms with Gasteiger partial charge in [-0.1, -0.05) is 19.1 Å². The molecule has 2 amide bonds. The molecule has 0 aliphatic carbocycles. The second kappa shape index (κ2) is 7.61. The normalized spacial score (nSPS) is 11.5. The van der Waals surface area contributed by atoms with E-state index in [1.54, 1.807) is 41.8 Å². The predicted molar refractivity (Wildman–Crippen MR) is 86.1 cm³/mol. The molecule has 2 N–H and O–H groups in total. The second-order valence-corrected chi connectivity index (χ2v) is 5.70. The molecule has 0 saturated heterocycles. The molecular formula is C16H18N2O3S. The van der Waals surface area contributed by atoms with Crippen molar-refractivity contribution in [1.82, 2.24) is 10.9 Å². The van der Waals surface area contributed by atoms with Crippen LogP contribution in [0.25, 0.3) is 0 Å². The lowest BCUT2D eigenvalue weighted by Crippen LogP contribution is -2.41. The Morgan fingerprint density at radius 2 is 1.95 bits per heavy atom. The van der Waals surface area contributed by atoms with Crippen molar-refractivity contribution in [3.63, 3.8) is 0 Å². The third-order valence-electron chi connectivity index (χ3n) is 3.04. The summed E-state index contributed by atoms with van der Waals surface area (Å²) in [6.07, 6.45) is 0.963. The molecule has 1 heterocycles. The van der Waals surface area contributed by atoms with E-state index < -0.39 is 0 Å². The minimum absolute atomic E-state index is 0.0804. The van der Waals surface area contributed by atoms with Crippen molar-refractivity contribution in [1.29, 1.82) is 0 Å². The number of hydrogen-bond donors (Lipinski definition) is 2. The van der Waals surface area contributed by atoms with Crippen LogP contribution in [-0.2, 0) is 0 Å². The number of nitrogens with one attached hydrogen (secondary N) is 2. The summed E-state index contributed by atoms with van der Waals surface area (Å²) in [6, 6.07) is 10.3. The van der Waals surface area contributed by atoms with Crippen molar-refractivity contribution < 1.29 is 14.3 Å². The largest absolute Gasteiger partial charge is 0.491 e. The minimum atomic E-state index is -0.389. The molecule has 0 radical (unpaired) electrons. The van der Waals surface area contributed by atoms with E-state index in [2.05, 4.69) is 10.9 Å². The first-order valence-electron chi connectivity index (χ1n) is 7.01. The lowest BCUT2D eigenvalue weighted by Gasteiger charge is -2.13. The first-order valence-corrected chi connectivity index (χ1v) is 7.89. The van der Waals surface area contributed by atoms with Gasteiger partial charge < -0.3 is 4.74 Å². The number of carbonyl (C=O) groups excluding carboxylic acids is 2. The van der Waals surface area contributed by atoms with Gasteiger partial charge in [0.05, 0.1) is 11.0 Å². The van der Waals surface area contributed by atoms with E-state index in [1.807, 2.05) is 13.8 Å². The molecule has 0 aliphatic rings. The zero-order chi connectivity index (χ0) is 15.9. The zero-order valence-electron chi connectivity index (χ0n) is 12.5. The Hall–Kier alpha value is -2.34. The first kappa shape index (κ1) is 16.0. The van der Waals surface area contributed by atoms with Crippen LogP contribution in [0.1, 0.15) is 40.3 Å². The molecule has 0 unspecified atom stereocenters. The van der Waals surface area contributed by atoms with Gasteiger partial charge in [0.1, 0.15) is 5.75 Å². The minimum Gasteiger partial charge on any atom is -0.491 e. The van der Waals surface area contributed by atoms with Crippen LogP contribution < -0.4 is 15.6 Å². The van der Waals surface area contributed by atoms with E-state index >= 15 is 0 Å². The monoisotopic (exact) mass is 318 g/mol. The van der Waals surface area contributed by atoms with Crippen LogP contribution in [0.15, 0.2) is 41.8 Å². The summed E-state index contributed by atoms with van der Waals surface area (Å²) in [5.41, 5.74) is 5.20. The maximum absolute atomic E-state index is 12.0. The van der Waals surface area contributed by atoms with Gasteiger partial charge in [0.15, 0.2) is 0 Å². The second-order valence-electron chi connectivity index (χ2n) is 4.75. The number of rotatable bonds is 5. The van der Waals surface area contributed by atoms with Gasteiger partial charge in [-0.15, -0.1) is 11.3 Å². The zero-order valence-corrected chi connectivity index (χ0v) is 13.3. The molecular weight excluding hydrogens is 300 g/mol. The van der Waals surface area contributed by atoms with E-state index in [-0.39, 0.29) is 17.9 Å². The fourth-order valence-electron chi connectivity index (χ4n) is 1.68. The van der Waals surface area contributed by atoms with Crippen LogP contribution in [0.5, 0.6) is 5.75 Å². The Bertz CT molecular complexity index is 641. The third kappa shape index (κ3) is 4.33. The number of thiophene rings is 1. The molecule has 0 saturated carbocycles. The average molecular weight is 318 g/mol. The molecule has 1 atom stereocenters. The summed E-state index contributed by atoms with van der Waals surface area (Å²) < 4.78 is 5.67. The number of hydrazine groups is 1. The van der Waals surface area contributed by atoms with Crippen LogP contribution in [0.4, 0.5) is 0 Å². The number of amides is 2. The van der Waals surface area contributed by atoms with E-state index in [1.165, 1.54) is 11.3 Å². The Morgan fingerprint density at radius 1 is 1.18 bits per heavy atom. The smallest absolute Gasteiger partial charge is 0.279 e. The number of hydrogen-bond acceptors (Lipinski definition) is 4. The number of benzene rings is 1. The molecule has 0 spiro atoms. The van der Waals surface area contributed by atoms with E-state index in [0.717, 1.165) is 6.42 Å². The molecule has 116 valence electrons. The molecule has 0 bridgehead atoms. The van der Waals surface area contributed by atoms with Gasteiger partial charge in [-0.05, 0) is 43.0 Å². The topological polar surface area (TPSA) is 67.4 Å². The lowest BCUT2D eigenvalue weighted by atomic mass is 10.2. The lowest BCUT2D eigenvalue weighted by molar-refractivity contribution is 0.0848. The van der Waals surface area contributed by atoms with E-state index in [0.29, 0.717) is 16.2 Å².